The number of ether oxygens (including phenoxy) is 2. The van der Waals surface area contributed by atoms with Gasteiger partial charge < -0.3 is 24.8 Å². The van der Waals surface area contributed by atoms with Crippen molar-refractivity contribution >= 4 is 18.0 Å². The number of alkyl carbamates (subject to hydrolysis) is 1. The average molecular weight is 453 g/mol. The second kappa shape index (κ2) is 10.0. The van der Waals surface area contributed by atoms with E-state index in [2.05, 4.69) is 29.6 Å². The number of amides is 2. The Labute approximate surface area is 192 Å². The van der Waals surface area contributed by atoms with E-state index < -0.39 is 24.2 Å². The fourth-order valence-electron chi connectivity index (χ4n) is 4.47. The van der Waals surface area contributed by atoms with Crippen LogP contribution in [0.4, 0.5) is 4.79 Å². The van der Waals surface area contributed by atoms with Crippen molar-refractivity contribution in [1.29, 1.82) is 0 Å². The molecule has 0 radical (unpaired) electrons. The first-order valence-electron chi connectivity index (χ1n) is 11.2. The summed E-state index contributed by atoms with van der Waals surface area (Å²) >= 11 is 0. The largest absolute Gasteiger partial charge is 0.479 e. The monoisotopic (exact) mass is 452 g/mol. The van der Waals surface area contributed by atoms with E-state index in [0.717, 1.165) is 22.3 Å². The fourth-order valence-corrected chi connectivity index (χ4v) is 4.47. The third kappa shape index (κ3) is 5.01. The Hall–Kier alpha value is -3.39. The Bertz CT molecular complexity index is 994. The zero-order valence-corrected chi connectivity index (χ0v) is 18.5. The number of nitrogens with one attached hydrogen (secondary N) is 1. The van der Waals surface area contributed by atoms with Gasteiger partial charge in [0.1, 0.15) is 6.61 Å². The number of benzene rings is 2. The second-order valence-corrected chi connectivity index (χ2v) is 8.32. The number of carbonyl (C=O) groups excluding carboxylic acids is 2. The summed E-state index contributed by atoms with van der Waals surface area (Å²) in [4.78, 5) is 37.8. The maximum absolute atomic E-state index is 12.6. The Morgan fingerprint density at radius 1 is 1.12 bits per heavy atom. The Morgan fingerprint density at radius 2 is 1.76 bits per heavy atom. The second-order valence-electron chi connectivity index (χ2n) is 8.32. The molecule has 2 unspecified atom stereocenters. The molecule has 1 aliphatic carbocycles. The van der Waals surface area contributed by atoms with Crippen molar-refractivity contribution in [3.05, 3.63) is 59.7 Å². The van der Waals surface area contributed by atoms with Gasteiger partial charge in [0.25, 0.3) is 0 Å². The van der Waals surface area contributed by atoms with E-state index in [1.54, 1.807) is 0 Å². The number of morpholine rings is 1. The van der Waals surface area contributed by atoms with Gasteiger partial charge in [-0.05, 0) is 28.7 Å². The first-order valence-corrected chi connectivity index (χ1v) is 11.2. The lowest BCUT2D eigenvalue weighted by molar-refractivity contribution is -0.159. The van der Waals surface area contributed by atoms with Crippen LogP contribution in [0, 0.1) is 0 Å². The van der Waals surface area contributed by atoms with Crippen molar-refractivity contribution in [2.45, 2.75) is 37.8 Å². The normalized spacial score (nSPS) is 18.2. The van der Waals surface area contributed by atoms with Crippen LogP contribution in [-0.2, 0) is 19.1 Å². The van der Waals surface area contributed by atoms with Crippen LogP contribution in [0.1, 0.15) is 36.8 Å². The molecule has 0 saturated carbocycles. The lowest BCUT2D eigenvalue weighted by Gasteiger charge is -2.32. The predicted octanol–water partition coefficient (Wildman–Crippen LogP) is 3.01. The van der Waals surface area contributed by atoms with Gasteiger partial charge >= 0.3 is 12.1 Å². The number of hydrogen-bond donors (Lipinski definition) is 2. The maximum Gasteiger partial charge on any atom is 0.407 e. The van der Waals surface area contributed by atoms with Crippen molar-refractivity contribution in [1.82, 2.24) is 10.2 Å². The van der Waals surface area contributed by atoms with E-state index in [1.165, 1.54) is 4.90 Å². The topological polar surface area (TPSA) is 105 Å². The van der Waals surface area contributed by atoms with Crippen LogP contribution in [0.5, 0.6) is 0 Å². The molecule has 1 saturated heterocycles. The van der Waals surface area contributed by atoms with E-state index in [-0.39, 0.29) is 38.0 Å². The Balaban J connectivity index is 1.33. The molecule has 2 N–H and O–H groups in total. The van der Waals surface area contributed by atoms with Gasteiger partial charge in [-0.2, -0.15) is 0 Å². The molecule has 2 aliphatic rings. The third-order valence-electron chi connectivity index (χ3n) is 6.27. The summed E-state index contributed by atoms with van der Waals surface area (Å²) in [5, 5.41) is 11.9. The van der Waals surface area contributed by atoms with Crippen molar-refractivity contribution in [3.8, 4) is 11.1 Å². The highest BCUT2D eigenvalue weighted by molar-refractivity contribution is 5.80. The standard InChI is InChI=1S/C25H28N2O6/c1-2-16(13-23(28)27-11-12-32-22(14-27)24(29)30)26-25(31)33-15-21-19-9-5-3-7-17(19)18-8-4-6-10-20(18)21/h3-10,16,21-22H,2,11-15H2,1H3,(H,26,31)(H,29,30). The first kappa shape index (κ1) is 22.8. The summed E-state index contributed by atoms with van der Waals surface area (Å²) in [7, 11) is 0. The predicted molar refractivity (Wildman–Crippen MR) is 121 cm³/mol. The lowest BCUT2D eigenvalue weighted by Crippen LogP contribution is -2.50. The van der Waals surface area contributed by atoms with E-state index in [9.17, 15) is 14.4 Å². The van der Waals surface area contributed by atoms with Crippen LogP contribution in [0.15, 0.2) is 48.5 Å². The minimum atomic E-state index is -1.09. The van der Waals surface area contributed by atoms with Gasteiger partial charge in [-0.25, -0.2) is 9.59 Å². The summed E-state index contributed by atoms with van der Waals surface area (Å²) < 4.78 is 10.7. The molecule has 2 amide bonds. The molecule has 2 aromatic carbocycles. The molecule has 1 aliphatic heterocycles. The van der Waals surface area contributed by atoms with Crippen molar-refractivity contribution in [3.63, 3.8) is 0 Å². The summed E-state index contributed by atoms with van der Waals surface area (Å²) in [6.45, 7) is 2.61. The zero-order chi connectivity index (χ0) is 23.4. The molecule has 8 heteroatoms. The first-order chi connectivity index (χ1) is 16.0. The van der Waals surface area contributed by atoms with E-state index in [0.29, 0.717) is 13.0 Å². The SMILES string of the molecule is CCC(CC(=O)N1CCOC(C(=O)O)C1)NC(=O)OCC1c2ccccc2-c2ccccc21. The van der Waals surface area contributed by atoms with Crippen LogP contribution >= 0.6 is 0 Å². The van der Waals surface area contributed by atoms with E-state index in [4.69, 9.17) is 14.6 Å². The highest BCUT2D eigenvalue weighted by Gasteiger charge is 2.31. The number of hydrogen-bond acceptors (Lipinski definition) is 5. The Morgan fingerprint density at radius 3 is 2.36 bits per heavy atom. The summed E-state index contributed by atoms with van der Waals surface area (Å²) in [6.07, 6.45) is -0.963. The van der Waals surface area contributed by atoms with Crippen molar-refractivity contribution in [2.75, 3.05) is 26.3 Å². The highest BCUT2D eigenvalue weighted by Crippen LogP contribution is 2.44. The number of fused-ring (bicyclic) bond motifs is 3. The molecular weight excluding hydrogens is 424 g/mol. The van der Waals surface area contributed by atoms with Gasteiger partial charge in [0, 0.05) is 24.9 Å². The van der Waals surface area contributed by atoms with Crippen LogP contribution in [0.3, 0.4) is 0 Å². The molecular formula is C25H28N2O6. The van der Waals surface area contributed by atoms with Crippen molar-refractivity contribution in [2.24, 2.45) is 0 Å². The molecule has 4 rings (SSSR count). The van der Waals surface area contributed by atoms with Gasteiger partial charge in [-0.3, -0.25) is 4.79 Å². The minimum absolute atomic E-state index is 0.00947. The number of carboxylic acids is 1. The molecule has 1 heterocycles. The smallest absolute Gasteiger partial charge is 0.407 e. The fraction of sp³-hybridized carbons (Fsp3) is 0.400. The van der Waals surface area contributed by atoms with Crippen molar-refractivity contribution < 1.29 is 29.0 Å². The molecule has 33 heavy (non-hydrogen) atoms. The molecule has 0 aromatic heterocycles. The highest BCUT2D eigenvalue weighted by atomic mass is 16.5. The van der Waals surface area contributed by atoms with Crippen LogP contribution in [-0.4, -0.2) is 66.4 Å². The van der Waals surface area contributed by atoms with E-state index >= 15 is 0 Å². The van der Waals surface area contributed by atoms with Gasteiger partial charge in [-0.15, -0.1) is 0 Å². The molecule has 0 bridgehead atoms. The lowest BCUT2D eigenvalue weighted by atomic mass is 9.98. The molecule has 174 valence electrons. The average Bonchev–Trinajstić information content (AvgIpc) is 3.16. The third-order valence-corrected chi connectivity index (χ3v) is 6.27. The van der Waals surface area contributed by atoms with E-state index in [1.807, 2.05) is 31.2 Å². The summed E-state index contributed by atoms with van der Waals surface area (Å²) in [6, 6.07) is 15.8. The molecule has 8 nitrogen and oxygen atoms in total. The summed E-state index contributed by atoms with van der Waals surface area (Å²) in [5.41, 5.74) is 4.58. The molecule has 0 spiro atoms. The van der Waals surface area contributed by atoms with Crippen LogP contribution in [0.25, 0.3) is 11.1 Å². The number of rotatable bonds is 7. The maximum atomic E-state index is 12.6. The summed E-state index contributed by atoms with van der Waals surface area (Å²) in [5.74, 6) is -1.34. The number of nitrogens with zero attached hydrogens (tertiary/aromatic N) is 1. The molecule has 1 fully saturated rings. The number of aliphatic carboxylic acids is 1. The van der Waals surface area contributed by atoms with Gasteiger partial charge in [0.05, 0.1) is 13.2 Å². The molecule has 2 aromatic rings. The number of carbonyl (C=O) groups is 3. The quantitative estimate of drug-likeness (QED) is 0.669. The molecule has 2 atom stereocenters. The van der Waals surface area contributed by atoms with Gasteiger partial charge in [-0.1, -0.05) is 55.5 Å². The van der Waals surface area contributed by atoms with Gasteiger partial charge in [0.2, 0.25) is 5.91 Å². The van der Waals surface area contributed by atoms with Crippen LogP contribution in [0.2, 0.25) is 0 Å². The Kier molecular flexibility index (Phi) is 6.93. The van der Waals surface area contributed by atoms with Gasteiger partial charge in [0.15, 0.2) is 6.10 Å². The zero-order valence-electron chi connectivity index (χ0n) is 18.5. The minimum Gasteiger partial charge on any atom is -0.479 e. The number of carboxylic acid groups (broad SMARTS) is 1. The van der Waals surface area contributed by atoms with Crippen LogP contribution < -0.4 is 5.32 Å².